The van der Waals surface area contributed by atoms with Crippen LogP contribution >= 0.6 is 0 Å². The lowest BCUT2D eigenvalue weighted by Gasteiger charge is -2.41. The largest absolute Gasteiger partial charge is 0.463 e. The topological polar surface area (TPSA) is 132 Å². The summed E-state index contributed by atoms with van der Waals surface area (Å²) in [6.07, 6.45) is -2.17. The molecule has 0 aliphatic carbocycles. The van der Waals surface area contributed by atoms with Gasteiger partial charge in [-0.05, 0) is 32.1 Å². The summed E-state index contributed by atoms with van der Waals surface area (Å²) >= 11 is 0. The van der Waals surface area contributed by atoms with Crippen molar-refractivity contribution in [3.63, 3.8) is 0 Å². The minimum atomic E-state index is -1.42. The molecule has 0 aromatic carbocycles. The van der Waals surface area contributed by atoms with Crippen molar-refractivity contribution in [2.75, 3.05) is 19.8 Å². The van der Waals surface area contributed by atoms with Crippen LogP contribution in [0.1, 0.15) is 53.4 Å². The first-order valence-electron chi connectivity index (χ1n) is 10.9. The number of aliphatic hydroxyl groups is 3. The van der Waals surface area contributed by atoms with Crippen LogP contribution < -0.4 is 0 Å². The molecule has 0 aromatic heterocycles. The van der Waals surface area contributed by atoms with Gasteiger partial charge in [0.25, 0.3) is 0 Å². The molecule has 184 valence electrons. The van der Waals surface area contributed by atoms with Gasteiger partial charge in [0.2, 0.25) is 0 Å². The van der Waals surface area contributed by atoms with E-state index in [-0.39, 0.29) is 32.2 Å². The number of ether oxygens (including phenoxy) is 4. The van der Waals surface area contributed by atoms with E-state index in [1.807, 2.05) is 26.8 Å². The summed E-state index contributed by atoms with van der Waals surface area (Å²) in [5, 5.41) is 30.0. The van der Waals surface area contributed by atoms with Gasteiger partial charge in [-0.25, -0.2) is 0 Å². The van der Waals surface area contributed by atoms with Crippen molar-refractivity contribution in [1.29, 1.82) is 0 Å². The van der Waals surface area contributed by atoms with E-state index in [0.29, 0.717) is 6.42 Å². The molecule has 0 aromatic rings. The van der Waals surface area contributed by atoms with Gasteiger partial charge in [-0.15, -0.1) is 0 Å². The molecule has 1 heterocycles. The van der Waals surface area contributed by atoms with Crippen LogP contribution in [-0.2, 0) is 28.5 Å². The molecule has 1 rings (SSSR count). The first kappa shape index (κ1) is 28.3. The van der Waals surface area contributed by atoms with Gasteiger partial charge in [-0.2, -0.15) is 0 Å². The fourth-order valence-corrected chi connectivity index (χ4v) is 3.11. The summed E-state index contributed by atoms with van der Waals surface area (Å²) in [5.41, 5.74) is 1.82. The summed E-state index contributed by atoms with van der Waals surface area (Å²) in [7, 11) is 0. The molecule has 1 fully saturated rings. The zero-order chi connectivity index (χ0) is 24.3. The zero-order valence-electron chi connectivity index (χ0n) is 19.5. The lowest BCUT2D eigenvalue weighted by molar-refractivity contribution is -0.303. The van der Waals surface area contributed by atoms with E-state index in [1.165, 1.54) is 6.92 Å². The van der Waals surface area contributed by atoms with E-state index in [0.717, 1.165) is 24.0 Å². The first-order valence-corrected chi connectivity index (χ1v) is 10.9. The Morgan fingerprint density at radius 2 is 1.84 bits per heavy atom. The van der Waals surface area contributed by atoms with Crippen molar-refractivity contribution in [3.05, 3.63) is 23.8 Å². The van der Waals surface area contributed by atoms with E-state index in [2.05, 4.69) is 6.58 Å². The van der Waals surface area contributed by atoms with Crippen LogP contribution in [0.3, 0.4) is 0 Å². The molecular formula is C23H38O9. The van der Waals surface area contributed by atoms with Crippen LogP contribution in [0.25, 0.3) is 0 Å². The van der Waals surface area contributed by atoms with Gasteiger partial charge in [0, 0.05) is 13.3 Å². The fourth-order valence-electron chi connectivity index (χ4n) is 3.11. The highest BCUT2D eigenvalue weighted by atomic mass is 16.7. The van der Waals surface area contributed by atoms with Crippen molar-refractivity contribution < 1.29 is 43.9 Å². The molecule has 0 spiro atoms. The number of carbonyl (C=O) groups is 2. The third kappa shape index (κ3) is 10.2. The van der Waals surface area contributed by atoms with Crippen LogP contribution in [0, 0.1) is 5.92 Å². The molecule has 0 saturated carbocycles. The van der Waals surface area contributed by atoms with Gasteiger partial charge in [-0.1, -0.05) is 37.6 Å². The molecule has 1 saturated heterocycles. The Morgan fingerprint density at radius 1 is 1.16 bits per heavy atom. The van der Waals surface area contributed by atoms with Gasteiger partial charge in [-0.3, -0.25) is 9.59 Å². The van der Waals surface area contributed by atoms with E-state index >= 15 is 0 Å². The fraction of sp³-hybridized carbons (Fsp3) is 0.739. The standard InChI is InChI=1S/C23H38O9/c1-14(2)11-19(26)30-13-18-20(27)22(31-17(5)25)21(28)23(32-18)29-10-9-15(3)7-6-8-16(4)12-24/h8,14,18,20-24,27-28H,3,6-7,9-13H2,1-2,4-5H3. The number of rotatable bonds is 13. The van der Waals surface area contributed by atoms with Crippen LogP contribution in [0.2, 0.25) is 0 Å². The van der Waals surface area contributed by atoms with E-state index < -0.39 is 42.6 Å². The monoisotopic (exact) mass is 458 g/mol. The van der Waals surface area contributed by atoms with Gasteiger partial charge in [0.05, 0.1) is 13.2 Å². The maximum atomic E-state index is 11.8. The second-order valence-electron chi connectivity index (χ2n) is 8.50. The zero-order valence-corrected chi connectivity index (χ0v) is 19.5. The average molecular weight is 459 g/mol. The molecule has 3 N–H and O–H groups in total. The maximum Gasteiger partial charge on any atom is 0.306 e. The maximum absolute atomic E-state index is 11.8. The third-order valence-electron chi connectivity index (χ3n) is 4.91. The highest BCUT2D eigenvalue weighted by molar-refractivity contribution is 5.69. The van der Waals surface area contributed by atoms with Crippen LogP contribution in [0.4, 0.5) is 0 Å². The van der Waals surface area contributed by atoms with Gasteiger partial charge < -0.3 is 34.3 Å². The summed E-state index contributed by atoms with van der Waals surface area (Å²) in [6, 6.07) is 0. The van der Waals surface area contributed by atoms with Crippen molar-refractivity contribution >= 4 is 11.9 Å². The predicted molar refractivity (Wildman–Crippen MR) is 116 cm³/mol. The van der Waals surface area contributed by atoms with E-state index in [9.17, 15) is 19.8 Å². The molecule has 32 heavy (non-hydrogen) atoms. The van der Waals surface area contributed by atoms with Crippen molar-refractivity contribution in [2.24, 2.45) is 5.92 Å². The Morgan fingerprint density at radius 3 is 2.44 bits per heavy atom. The number of carbonyl (C=O) groups excluding carboxylic acids is 2. The smallest absolute Gasteiger partial charge is 0.306 e. The minimum Gasteiger partial charge on any atom is -0.463 e. The molecule has 9 heteroatoms. The quantitative estimate of drug-likeness (QED) is 0.278. The Bertz CT molecular complexity index is 643. The number of esters is 2. The normalized spacial score (nSPS) is 26.1. The molecule has 5 unspecified atom stereocenters. The first-order chi connectivity index (χ1) is 15.0. The molecule has 1 aliphatic rings. The predicted octanol–water partition coefficient (Wildman–Crippen LogP) is 1.64. The second-order valence-corrected chi connectivity index (χ2v) is 8.50. The number of hydrogen-bond donors (Lipinski definition) is 3. The van der Waals surface area contributed by atoms with Crippen LogP contribution in [0.5, 0.6) is 0 Å². The summed E-state index contributed by atoms with van der Waals surface area (Å²) in [4.78, 5) is 23.3. The molecule has 9 nitrogen and oxygen atoms in total. The summed E-state index contributed by atoms with van der Waals surface area (Å²) < 4.78 is 21.5. The molecular weight excluding hydrogens is 420 g/mol. The minimum absolute atomic E-state index is 0.0236. The Hall–Kier alpha value is -1.78. The second kappa shape index (κ2) is 14.4. The third-order valence-corrected chi connectivity index (χ3v) is 4.91. The van der Waals surface area contributed by atoms with Crippen LogP contribution in [0.15, 0.2) is 23.8 Å². The van der Waals surface area contributed by atoms with E-state index in [4.69, 9.17) is 24.1 Å². The van der Waals surface area contributed by atoms with Gasteiger partial charge in [0.1, 0.15) is 24.9 Å². The Kier molecular flexibility index (Phi) is 12.7. The van der Waals surface area contributed by atoms with E-state index in [1.54, 1.807) is 0 Å². The lowest BCUT2D eigenvalue weighted by atomic mass is 9.99. The average Bonchev–Trinajstić information content (AvgIpc) is 2.71. The van der Waals surface area contributed by atoms with Gasteiger partial charge in [0.15, 0.2) is 12.4 Å². The summed E-state index contributed by atoms with van der Waals surface area (Å²) in [6.45, 7) is 10.7. The lowest BCUT2D eigenvalue weighted by Crippen LogP contribution is -2.60. The number of hydrogen-bond acceptors (Lipinski definition) is 9. The van der Waals surface area contributed by atoms with Gasteiger partial charge >= 0.3 is 11.9 Å². The Balaban J connectivity index is 2.65. The highest BCUT2D eigenvalue weighted by Gasteiger charge is 2.47. The summed E-state index contributed by atoms with van der Waals surface area (Å²) in [5.74, 6) is -1.00. The molecule has 0 bridgehead atoms. The number of aliphatic hydroxyl groups excluding tert-OH is 3. The van der Waals surface area contributed by atoms with Crippen LogP contribution in [-0.4, -0.2) is 77.8 Å². The molecule has 5 atom stereocenters. The molecule has 0 amide bonds. The Labute approximate surface area is 190 Å². The van der Waals surface area contributed by atoms with Crippen molar-refractivity contribution in [3.8, 4) is 0 Å². The van der Waals surface area contributed by atoms with Crippen molar-refractivity contribution in [1.82, 2.24) is 0 Å². The SMILES string of the molecule is C=C(CCC=C(C)CO)CCOC1OC(COC(=O)CC(C)C)C(O)C(OC(C)=O)C1O. The van der Waals surface area contributed by atoms with Crippen molar-refractivity contribution in [2.45, 2.75) is 84.1 Å². The molecule has 0 radical (unpaired) electrons. The molecule has 1 aliphatic heterocycles. The number of allylic oxidation sites excluding steroid dienone is 1. The highest BCUT2D eigenvalue weighted by Crippen LogP contribution is 2.26.